The number of quaternary nitrogens is 1. The van der Waals surface area contributed by atoms with Crippen LogP contribution in [-0.2, 0) is 4.79 Å². The third-order valence-electron chi connectivity index (χ3n) is 1.86. The number of amidine groups is 1. The number of hydrogen-bond donors (Lipinski definition) is 1. The SMILES string of the molecule is CCC1=NCCC(C=O)[NH+]1[O-]. The van der Waals surface area contributed by atoms with Gasteiger partial charge in [0, 0.05) is 12.8 Å². The van der Waals surface area contributed by atoms with Crippen molar-refractivity contribution in [1.29, 1.82) is 0 Å². The first-order chi connectivity index (χ1) is 5.29. The van der Waals surface area contributed by atoms with Crippen molar-refractivity contribution in [3.8, 4) is 0 Å². The van der Waals surface area contributed by atoms with E-state index >= 15 is 0 Å². The number of hydroxylamine groups is 2. The molecule has 0 bridgehead atoms. The third-order valence-corrected chi connectivity index (χ3v) is 1.86. The zero-order chi connectivity index (χ0) is 8.27. The van der Waals surface area contributed by atoms with Crippen LogP contribution in [0.25, 0.3) is 0 Å². The van der Waals surface area contributed by atoms with Crippen LogP contribution < -0.4 is 5.06 Å². The predicted molar refractivity (Wildman–Crippen MR) is 41.4 cm³/mol. The standard InChI is InChI=1S/C7H12N2O2/c1-2-7-8-4-3-6(5-10)9(7)11/h5-6,9H,2-4H2,1H3. The van der Waals surface area contributed by atoms with Crippen molar-refractivity contribution in [1.82, 2.24) is 0 Å². The van der Waals surface area contributed by atoms with E-state index in [1.54, 1.807) is 0 Å². The van der Waals surface area contributed by atoms with Crippen LogP contribution in [0.15, 0.2) is 4.99 Å². The first kappa shape index (κ1) is 8.36. The van der Waals surface area contributed by atoms with Crippen molar-refractivity contribution in [3.63, 3.8) is 0 Å². The lowest BCUT2D eigenvalue weighted by atomic mass is 10.2. The fraction of sp³-hybridized carbons (Fsp3) is 0.714. The normalized spacial score (nSPS) is 31.3. The van der Waals surface area contributed by atoms with Gasteiger partial charge in [-0.25, -0.2) is 4.99 Å². The van der Waals surface area contributed by atoms with Crippen LogP contribution >= 0.6 is 0 Å². The van der Waals surface area contributed by atoms with Crippen molar-refractivity contribution >= 4 is 12.1 Å². The molecule has 1 rings (SSSR count). The first-order valence-electron chi connectivity index (χ1n) is 3.82. The molecule has 0 saturated heterocycles. The summed E-state index contributed by atoms with van der Waals surface area (Å²) in [5, 5.41) is 11.2. The molecule has 1 aliphatic heterocycles. The lowest BCUT2D eigenvalue weighted by Gasteiger charge is -2.30. The van der Waals surface area contributed by atoms with Gasteiger partial charge in [-0.1, -0.05) is 6.92 Å². The molecule has 0 aromatic heterocycles. The Morgan fingerprint density at radius 1 is 1.91 bits per heavy atom. The van der Waals surface area contributed by atoms with Gasteiger partial charge >= 0.3 is 0 Å². The second-order valence-corrected chi connectivity index (χ2v) is 2.58. The molecule has 11 heavy (non-hydrogen) atoms. The highest BCUT2D eigenvalue weighted by Crippen LogP contribution is 1.93. The van der Waals surface area contributed by atoms with Gasteiger partial charge in [-0.2, -0.15) is 0 Å². The molecule has 62 valence electrons. The maximum Gasteiger partial charge on any atom is 0.196 e. The number of carbonyl (C=O) groups is 1. The number of aldehydes is 1. The quantitative estimate of drug-likeness (QED) is 0.418. The summed E-state index contributed by atoms with van der Waals surface area (Å²) in [6, 6.07) is -0.414. The zero-order valence-corrected chi connectivity index (χ0v) is 6.54. The third kappa shape index (κ3) is 1.64. The van der Waals surface area contributed by atoms with Crippen molar-refractivity contribution < 1.29 is 9.86 Å². The van der Waals surface area contributed by atoms with Gasteiger partial charge in [0.1, 0.15) is 0 Å². The second-order valence-electron chi connectivity index (χ2n) is 2.58. The van der Waals surface area contributed by atoms with Gasteiger partial charge in [0.25, 0.3) is 0 Å². The molecular weight excluding hydrogens is 144 g/mol. The van der Waals surface area contributed by atoms with Crippen LogP contribution in [0.2, 0.25) is 0 Å². The summed E-state index contributed by atoms with van der Waals surface area (Å²) in [6.45, 7) is 2.50. The second kappa shape index (κ2) is 3.59. The maximum absolute atomic E-state index is 11.2. The topological polar surface area (TPSA) is 56.9 Å². The van der Waals surface area contributed by atoms with Gasteiger partial charge in [0.05, 0.1) is 6.54 Å². The van der Waals surface area contributed by atoms with E-state index in [0.29, 0.717) is 25.2 Å². The van der Waals surface area contributed by atoms with E-state index in [9.17, 15) is 10.0 Å². The minimum atomic E-state index is -0.414. The highest BCUT2D eigenvalue weighted by molar-refractivity contribution is 5.75. The number of aliphatic imine (C=N–C) groups is 1. The molecule has 0 amide bonds. The Hall–Kier alpha value is -0.740. The van der Waals surface area contributed by atoms with E-state index in [1.807, 2.05) is 6.92 Å². The summed E-state index contributed by atoms with van der Waals surface area (Å²) < 4.78 is 0. The summed E-state index contributed by atoms with van der Waals surface area (Å²) in [4.78, 5) is 14.4. The molecule has 4 nitrogen and oxygen atoms in total. The summed E-state index contributed by atoms with van der Waals surface area (Å²) in [5.74, 6) is 0.577. The predicted octanol–water partition coefficient (Wildman–Crippen LogP) is -0.851. The Bertz CT molecular complexity index is 179. The molecule has 0 aliphatic carbocycles. The number of nitrogens with one attached hydrogen (secondary N) is 1. The van der Waals surface area contributed by atoms with Gasteiger partial charge in [-0.15, -0.1) is 0 Å². The summed E-state index contributed by atoms with van der Waals surface area (Å²) in [5.41, 5.74) is 0. The fourth-order valence-electron chi connectivity index (χ4n) is 1.18. The molecule has 4 heteroatoms. The molecule has 0 saturated carbocycles. The molecular formula is C7H12N2O2. The molecule has 2 atom stereocenters. The van der Waals surface area contributed by atoms with Crippen LogP contribution in [-0.4, -0.2) is 24.7 Å². The largest absolute Gasteiger partial charge is 0.627 e. The molecule has 0 fully saturated rings. The van der Waals surface area contributed by atoms with E-state index in [-0.39, 0.29) is 5.06 Å². The van der Waals surface area contributed by atoms with Crippen molar-refractivity contribution in [2.45, 2.75) is 25.8 Å². The minimum Gasteiger partial charge on any atom is -0.627 e. The molecule has 1 N–H and O–H groups in total. The zero-order valence-electron chi connectivity index (χ0n) is 6.54. The monoisotopic (exact) mass is 156 g/mol. The molecule has 2 unspecified atom stereocenters. The summed E-state index contributed by atoms with van der Waals surface area (Å²) in [6.07, 6.45) is 1.96. The summed E-state index contributed by atoms with van der Waals surface area (Å²) >= 11 is 0. The van der Waals surface area contributed by atoms with Crippen LogP contribution in [0.4, 0.5) is 0 Å². The van der Waals surface area contributed by atoms with Gasteiger partial charge in [0.15, 0.2) is 18.2 Å². The van der Waals surface area contributed by atoms with Crippen molar-refractivity contribution in [2.24, 2.45) is 4.99 Å². The van der Waals surface area contributed by atoms with E-state index in [4.69, 9.17) is 0 Å². The van der Waals surface area contributed by atoms with Crippen LogP contribution in [0.1, 0.15) is 19.8 Å². The Balaban J connectivity index is 2.67. The Morgan fingerprint density at radius 3 is 3.18 bits per heavy atom. The molecule has 0 spiro atoms. The van der Waals surface area contributed by atoms with Gasteiger partial charge in [-0.3, -0.25) is 4.79 Å². The fourth-order valence-corrected chi connectivity index (χ4v) is 1.18. The highest BCUT2D eigenvalue weighted by atomic mass is 16.5. The Morgan fingerprint density at radius 2 is 2.64 bits per heavy atom. The van der Waals surface area contributed by atoms with E-state index in [0.717, 1.165) is 6.29 Å². The Labute approximate surface area is 65.5 Å². The molecule has 1 aliphatic rings. The van der Waals surface area contributed by atoms with Crippen LogP contribution in [0.5, 0.6) is 0 Å². The maximum atomic E-state index is 11.2. The van der Waals surface area contributed by atoms with Crippen molar-refractivity contribution in [3.05, 3.63) is 5.21 Å². The average Bonchev–Trinajstić information content (AvgIpc) is 2.05. The van der Waals surface area contributed by atoms with Crippen molar-refractivity contribution in [2.75, 3.05) is 6.54 Å². The number of rotatable bonds is 2. The number of hydrogen-bond acceptors (Lipinski definition) is 3. The van der Waals surface area contributed by atoms with E-state index in [1.165, 1.54) is 0 Å². The molecule has 0 aromatic rings. The van der Waals surface area contributed by atoms with Gasteiger partial charge in [0.2, 0.25) is 0 Å². The van der Waals surface area contributed by atoms with E-state index < -0.39 is 6.04 Å². The van der Waals surface area contributed by atoms with Crippen LogP contribution in [0, 0.1) is 5.21 Å². The smallest absolute Gasteiger partial charge is 0.196 e. The van der Waals surface area contributed by atoms with E-state index in [2.05, 4.69) is 4.99 Å². The lowest BCUT2D eigenvalue weighted by Crippen LogP contribution is -3.15. The Kier molecular flexibility index (Phi) is 2.73. The summed E-state index contributed by atoms with van der Waals surface area (Å²) in [7, 11) is 0. The molecule has 0 radical (unpaired) electrons. The molecule has 0 aromatic carbocycles. The number of carbonyl (C=O) groups excluding carboxylic acids is 1. The van der Waals surface area contributed by atoms with Crippen LogP contribution in [0.3, 0.4) is 0 Å². The average molecular weight is 156 g/mol. The molecule has 1 heterocycles. The van der Waals surface area contributed by atoms with Gasteiger partial charge < -0.3 is 10.3 Å². The lowest BCUT2D eigenvalue weighted by molar-refractivity contribution is -0.771. The minimum absolute atomic E-state index is 0.0752. The van der Waals surface area contributed by atoms with Gasteiger partial charge in [-0.05, 0) is 0 Å². The number of nitrogens with zero attached hydrogens (tertiary/aromatic N) is 1. The first-order valence-corrected chi connectivity index (χ1v) is 3.82. The highest BCUT2D eigenvalue weighted by Gasteiger charge is 2.22.